The smallest absolute Gasteiger partial charge is 0.276 e. The van der Waals surface area contributed by atoms with E-state index in [1.807, 2.05) is 69.3 Å². The molecule has 2 amide bonds. The highest BCUT2D eigenvalue weighted by Crippen LogP contribution is 2.28. The number of fused-ring (bicyclic) bond motifs is 1. The molecule has 9 nitrogen and oxygen atoms in total. The molecular weight excluding hydrogens is 432 g/mol. The predicted octanol–water partition coefficient (Wildman–Crippen LogP) is 3.66. The molecule has 0 radical (unpaired) electrons. The van der Waals surface area contributed by atoms with Gasteiger partial charge in [-0.1, -0.05) is 73.1 Å². The second kappa shape index (κ2) is 9.94. The number of aromatic nitrogens is 2. The fraction of sp³-hybridized carbons (Fsp3) is 0.360. The van der Waals surface area contributed by atoms with E-state index in [-0.39, 0.29) is 29.6 Å². The van der Waals surface area contributed by atoms with E-state index in [2.05, 4.69) is 31.0 Å². The van der Waals surface area contributed by atoms with Gasteiger partial charge in [-0.2, -0.15) is 4.98 Å². The molecule has 2 N–H and O–H groups in total. The second-order valence-electron chi connectivity index (χ2n) is 9.24. The lowest BCUT2D eigenvalue weighted by molar-refractivity contribution is -0.122. The molecule has 1 unspecified atom stereocenters. The fourth-order valence-electron chi connectivity index (χ4n) is 3.55. The lowest BCUT2D eigenvalue weighted by atomic mass is 9.91. The number of benzene rings is 1. The van der Waals surface area contributed by atoms with Crippen LogP contribution in [0.25, 0.3) is 11.4 Å². The number of amides is 2. The molecule has 2 aromatic rings. The highest BCUT2D eigenvalue weighted by molar-refractivity contribution is 5.86. The number of carbonyl (C=O) groups excluding carboxylic acids is 2. The molecule has 1 aliphatic heterocycles. The van der Waals surface area contributed by atoms with Gasteiger partial charge in [0.1, 0.15) is 0 Å². The number of rotatable bonds is 9. The molecule has 1 aromatic carbocycles. The van der Waals surface area contributed by atoms with E-state index in [9.17, 15) is 9.59 Å². The van der Waals surface area contributed by atoms with Crippen molar-refractivity contribution in [3.63, 3.8) is 0 Å². The molecule has 2 heterocycles. The Kier molecular flexibility index (Phi) is 6.81. The molecule has 2 aliphatic rings. The third-order valence-corrected chi connectivity index (χ3v) is 5.66. The zero-order valence-electron chi connectivity index (χ0n) is 19.5. The Balaban J connectivity index is 1.24. The number of nitrogens with zero attached hydrogens (tertiary/aromatic N) is 4. The van der Waals surface area contributed by atoms with Crippen molar-refractivity contribution in [2.45, 2.75) is 33.6 Å². The molecule has 0 spiro atoms. The molecule has 9 heteroatoms. The minimum Gasteiger partial charge on any atom is -0.368 e. The van der Waals surface area contributed by atoms with Crippen molar-refractivity contribution in [2.75, 3.05) is 13.1 Å². The van der Waals surface area contributed by atoms with E-state index in [1.165, 1.54) is 0 Å². The summed E-state index contributed by atoms with van der Waals surface area (Å²) < 4.78 is 5.29. The van der Waals surface area contributed by atoms with Gasteiger partial charge in [0, 0.05) is 37.1 Å². The van der Waals surface area contributed by atoms with E-state index < -0.39 is 0 Å². The van der Waals surface area contributed by atoms with Crippen LogP contribution in [0.4, 0.5) is 0 Å². The predicted molar refractivity (Wildman–Crippen MR) is 126 cm³/mol. The second-order valence-corrected chi connectivity index (χ2v) is 9.24. The van der Waals surface area contributed by atoms with Crippen LogP contribution in [0.5, 0.6) is 0 Å². The lowest BCUT2D eigenvalue weighted by Gasteiger charge is -2.27. The summed E-state index contributed by atoms with van der Waals surface area (Å²) in [5, 5.41) is 18.0. The summed E-state index contributed by atoms with van der Waals surface area (Å²) >= 11 is 0. The number of hydrogen-bond donors (Lipinski definition) is 2. The average Bonchev–Trinajstić information content (AvgIpc) is 3.31. The van der Waals surface area contributed by atoms with Gasteiger partial charge in [0.05, 0.1) is 5.92 Å². The van der Waals surface area contributed by atoms with Crippen molar-refractivity contribution < 1.29 is 14.1 Å². The Morgan fingerprint density at radius 2 is 1.91 bits per heavy atom. The van der Waals surface area contributed by atoms with Gasteiger partial charge < -0.3 is 15.2 Å². The SMILES string of the molecule is Cc1ccc(-c2noc(CCC(=O)NCC(C)(C)CNC3=C4C=CC=CC4C(=O)N=N3)n2)cc1. The summed E-state index contributed by atoms with van der Waals surface area (Å²) in [6.45, 7) is 7.11. The maximum Gasteiger partial charge on any atom is 0.276 e. The molecule has 1 aliphatic carbocycles. The molecule has 0 fully saturated rings. The first kappa shape index (κ1) is 23.3. The molecule has 0 saturated heterocycles. The molecule has 34 heavy (non-hydrogen) atoms. The van der Waals surface area contributed by atoms with Crippen LogP contribution >= 0.6 is 0 Å². The van der Waals surface area contributed by atoms with Crippen LogP contribution in [-0.4, -0.2) is 35.0 Å². The monoisotopic (exact) mass is 460 g/mol. The zero-order chi connectivity index (χ0) is 24.1. The Labute approximate surface area is 198 Å². The van der Waals surface area contributed by atoms with Crippen molar-refractivity contribution in [2.24, 2.45) is 21.6 Å². The van der Waals surface area contributed by atoms with Gasteiger partial charge in [-0.05, 0) is 12.3 Å². The van der Waals surface area contributed by atoms with E-state index in [0.717, 1.165) is 16.7 Å². The van der Waals surface area contributed by atoms with Crippen LogP contribution in [0, 0.1) is 18.3 Å². The molecule has 176 valence electrons. The topological polar surface area (TPSA) is 122 Å². The highest BCUT2D eigenvalue weighted by Gasteiger charge is 2.28. The fourth-order valence-corrected chi connectivity index (χ4v) is 3.55. The maximum absolute atomic E-state index is 12.4. The first-order chi connectivity index (χ1) is 16.3. The van der Waals surface area contributed by atoms with Crippen molar-refractivity contribution in [1.82, 2.24) is 20.8 Å². The number of hydrogen-bond acceptors (Lipinski definition) is 7. The first-order valence-corrected chi connectivity index (χ1v) is 11.3. The number of carbonyl (C=O) groups is 2. The van der Waals surface area contributed by atoms with Gasteiger partial charge >= 0.3 is 0 Å². The van der Waals surface area contributed by atoms with Gasteiger partial charge in [-0.25, -0.2) is 0 Å². The van der Waals surface area contributed by atoms with Crippen LogP contribution in [0.2, 0.25) is 0 Å². The molecule has 0 bridgehead atoms. The number of allylic oxidation sites excluding steroid dienone is 3. The highest BCUT2D eigenvalue weighted by atomic mass is 16.5. The molecule has 4 rings (SSSR count). The Bertz CT molecular complexity index is 1190. The molecule has 0 saturated carbocycles. The van der Waals surface area contributed by atoms with Crippen LogP contribution in [0.1, 0.15) is 31.7 Å². The van der Waals surface area contributed by atoms with Crippen molar-refractivity contribution >= 4 is 11.8 Å². The average molecular weight is 461 g/mol. The van der Waals surface area contributed by atoms with Crippen molar-refractivity contribution in [3.05, 3.63) is 71.4 Å². The zero-order valence-corrected chi connectivity index (χ0v) is 19.5. The van der Waals surface area contributed by atoms with Crippen LogP contribution < -0.4 is 10.6 Å². The summed E-state index contributed by atoms with van der Waals surface area (Å²) in [6.07, 6.45) is 8.02. The van der Waals surface area contributed by atoms with Gasteiger partial charge in [0.15, 0.2) is 5.82 Å². The standard InChI is InChI=1S/C25H28N6O3/c1-16-8-10-17(11-9-16)22-28-21(34-31-22)13-12-20(32)26-14-25(2,3)15-27-23-18-6-4-5-7-19(18)24(33)30-29-23/h4-11,19,27H,12-15H2,1-3H3,(H,26,32). The summed E-state index contributed by atoms with van der Waals surface area (Å²) in [5.41, 5.74) is 2.59. The summed E-state index contributed by atoms with van der Waals surface area (Å²) in [7, 11) is 0. The van der Waals surface area contributed by atoms with Gasteiger partial charge in [-0.15, -0.1) is 10.2 Å². The van der Waals surface area contributed by atoms with Crippen LogP contribution in [0.15, 0.2) is 74.7 Å². The maximum atomic E-state index is 12.4. The minimum atomic E-state index is -0.385. The normalized spacial score (nSPS) is 17.1. The number of nitrogens with one attached hydrogen (secondary N) is 2. The van der Waals surface area contributed by atoms with E-state index >= 15 is 0 Å². The van der Waals surface area contributed by atoms with Crippen molar-refractivity contribution in [3.8, 4) is 11.4 Å². The summed E-state index contributed by atoms with van der Waals surface area (Å²) in [4.78, 5) is 28.7. The van der Waals surface area contributed by atoms with Crippen LogP contribution in [0.3, 0.4) is 0 Å². The lowest BCUT2D eigenvalue weighted by Crippen LogP contribution is -2.40. The summed E-state index contributed by atoms with van der Waals surface area (Å²) in [5.74, 6) is 0.800. The van der Waals surface area contributed by atoms with Crippen LogP contribution in [-0.2, 0) is 16.0 Å². The first-order valence-electron chi connectivity index (χ1n) is 11.3. The third-order valence-electron chi connectivity index (χ3n) is 5.66. The molecular formula is C25H28N6O3. The Morgan fingerprint density at radius 3 is 2.71 bits per heavy atom. The molecule has 1 atom stereocenters. The van der Waals surface area contributed by atoms with Crippen molar-refractivity contribution in [1.29, 1.82) is 0 Å². The third kappa shape index (κ3) is 5.72. The summed E-state index contributed by atoms with van der Waals surface area (Å²) in [6, 6.07) is 7.87. The van der Waals surface area contributed by atoms with Gasteiger partial charge in [0.2, 0.25) is 17.6 Å². The van der Waals surface area contributed by atoms with E-state index in [0.29, 0.717) is 37.0 Å². The Morgan fingerprint density at radius 1 is 1.12 bits per heavy atom. The van der Waals surface area contributed by atoms with E-state index in [4.69, 9.17) is 4.52 Å². The number of aryl methyl sites for hydroxylation is 2. The molecule has 1 aromatic heterocycles. The van der Waals surface area contributed by atoms with Gasteiger partial charge in [-0.3, -0.25) is 9.59 Å². The Hall–Kier alpha value is -3.88. The minimum absolute atomic E-state index is 0.0893. The largest absolute Gasteiger partial charge is 0.368 e. The van der Waals surface area contributed by atoms with E-state index in [1.54, 1.807) is 0 Å². The number of azo groups is 1. The quantitative estimate of drug-likeness (QED) is 0.589. The van der Waals surface area contributed by atoms with Gasteiger partial charge in [0.25, 0.3) is 5.91 Å².